The van der Waals surface area contributed by atoms with Gasteiger partial charge in [-0.15, -0.1) is 0 Å². The van der Waals surface area contributed by atoms with E-state index in [-0.39, 0.29) is 5.56 Å². The Bertz CT molecular complexity index is 380. The number of hydrogen-bond donors (Lipinski definition) is 2. The van der Waals surface area contributed by atoms with Crippen LogP contribution in [0.2, 0.25) is 0 Å². The lowest BCUT2D eigenvalue weighted by Gasteiger charge is -2.04. The third-order valence-corrected chi connectivity index (χ3v) is 1.48. The van der Waals surface area contributed by atoms with Gasteiger partial charge in [-0.1, -0.05) is 12.1 Å². The molecule has 1 aromatic carbocycles. The van der Waals surface area contributed by atoms with Gasteiger partial charge >= 0.3 is 5.97 Å². The summed E-state index contributed by atoms with van der Waals surface area (Å²) in [6.45, 7) is -0.680. The molecule has 0 aliphatic rings. The van der Waals surface area contributed by atoms with Crippen molar-refractivity contribution < 1.29 is 23.9 Å². The van der Waals surface area contributed by atoms with Crippen LogP contribution in [0.1, 0.15) is 10.4 Å². The summed E-state index contributed by atoms with van der Waals surface area (Å²) in [7, 11) is 0. The van der Waals surface area contributed by atoms with E-state index in [1.165, 1.54) is 18.2 Å². The molecule has 5 nitrogen and oxygen atoms in total. The van der Waals surface area contributed by atoms with Gasteiger partial charge < -0.3 is 5.11 Å². The Labute approximate surface area is 84.4 Å². The number of carbonyl (C=O) groups is 2. The molecule has 0 saturated carbocycles. The second-order valence-corrected chi connectivity index (χ2v) is 2.59. The lowest BCUT2D eigenvalue weighted by atomic mass is 10.2. The van der Waals surface area contributed by atoms with E-state index in [0.29, 0.717) is 0 Å². The summed E-state index contributed by atoms with van der Waals surface area (Å²) in [5.74, 6) is -2.76. The predicted octanol–water partition coefficient (Wildman–Crippen LogP) is 0.572. The summed E-state index contributed by atoms with van der Waals surface area (Å²) >= 11 is 0. The zero-order valence-electron chi connectivity index (χ0n) is 7.57. The zero-order chi connectivity index (χ0) is 11.3. The van der Waals surface area contributed by atoms with Gasteiger partial charge in [-0.05, 0) is 12.1 Å². The van der Waals surface area contributed by atoms with Gasteiger partial charge in [-0.25, -0.2) is 14.7 Å². The van der Waals surface area contributed by atoms with Gasteiger partial charge in [0.05, 0.1) is 5.56 Å². The maximum atomic E-state index is 13.0. The molecule has 0 aliphatic carbocycles. The minimum atomic E-state index is -1.23. The SMILES string of the molecule is O=C(O)CONC(=O)c1ccccc1F. The highest BCUT2D eigenvalue weighted by atomic mass is 19.1. The van der Waals surface area contributed by atoms with Crippen LogP contribution in [0, 0.1) is 5.82 Å². The van der Waals surface area contributed by atoms with Crippen LogP contribution in [0.15, 0.2) is 24.3 Å². The lowest BCUT2D eigenvalue weighted by Crippen LogP contribution is -2.27. The van der Waals surface area contributed by atoms with E-state index >= 15 is 0 Å². The largest absolute Gasteiger partial charge is 0.479 e. The van der Waals surface area contributed by atoms with E-state index in [2.05, 4.69) is 4.84 Å². The maximum Gasteiger partial charge on any atom is 0.332 e. The molecule has 0 saturated heterocycles. The molecule has 1 amide bonds. The summed E-state index contributed by atoms with van der Waals surface area (Å²) in [4.78, 5) is 25.5. The van der Waals surface area contributed by atoms with Crippen molar-refractivity contribution in [1.82, 2.24) is 5.48 Å². The Balaban J connectivity index is 2.54. The normalized spacial score (nSPS) is 9.67. The minimum absolute atomic E-state index is 0.206. The summed E-state index contributed by atoms with van der Waals surface area (Å²) in [5, 5.41) is 8.20. The van der Waals surface area contributed by atoms with Crippen molar-refractivity contribution in [2.45, 2.75) is 0 Å². The van der Waals surface area contributed by atoms with Crippen molar-refractivity contribution >= 4 is 11.9 Å². The van der Waals surface area contributed by atoms with Gasteiger partial charge in [0.1, 0.15) is 5.82 Å². The molecule has 0 fully saturated rings. The van der Waals surface area contributed by atoms with E-state index in [9.17, 15) is 14.0 Å². The topological polar surface area (TPSA) is 75.6 Å². The first-order chi connectivity index (χ1) is 7.11. The van der Waals surface area contributed by atoms with E-state index < -0.39 is 24.3 Å². The van der Waals surface area contributed by atoms with Gasteiger partial charge in [-0.3, -0.25) is 9.63 Å². The average Bonchev–Trinajstić information content (AvgIpc) is 2.17. The highest BCUT2D eigenvalue weighted by molar-refractivity contribution is 5.93. The predicted molar refractivity (Wildman–Crippen MR) is 47.5 cm³/mol. The highest BCUT2D eigenvalue weighted by Crippen LogP contribution is 2.05. The standard InChI is InChI=1S/C9H8FNO4/c10-7-4-2-1-3-6(7)9(14)11-15-5-8(12)13/h1-4H,5H2,(H,11,14)(H,12,13). The van der Waals surface area contributed by atoms with E-state index in [1.54, 1.807) is 0 Å². The molecule has 0 heterocycles. The fourth-order valence-electron chi connectivity index (χ4n) is 0.864. The van der Waals surface area contributed by atoms with Crippen LogP contribution in [0.25, 0.3) is 0 Å². The molecule has 80 valence electrons. The fourth-order valence-corrected chi connectivity index (χ4v) is 0.864. The Morgan fingerprint density at radius 3 is 2.67 bits per heavy atom. The number of carboxylic acid groups (broad SMARTS) is 1. The molecule has 0 bridgehead atoms. The van der Waals surface area contributed by atoms with Crippen molar-refractivity contribution in [3.63, 3.8) is 0 Å². The first-order valence-corrected chi connectivity index (χ1v) is 3.99. The van der Waals surface area contributed by atoms with Crippen LogP contribution >= 0.6 is 0 Å². The van der Waals surface area contributed by atoms with Crippen molar-refractivity contribution in [2.24, 2.45) is 0 Å². The number of amides is 1. The third-order valence-electron chi connectivity index (χ3n) is 1.48. The molecule has 1 rings (SSSR count). The van der Waals surface area contributed by atoms with Gasteiger partial charge in [0.2, 0.25) is 0 Å². The van der Waals surface area contributed by atoms with Crippen LogP contribution < -0.4 is 5.48 Å². The van der Waals surface area contributed by atoms with Crippen molar-refractivity contribution in [1.29, 1.82) is 0 Å². The number of rotatable bonds is 4. The fraction of sp³-hybridized carbons (Fsp3) is 0.111. The van der Waals surface area contributed by atoms with Gasteiger partial charge in [0, 0.05) is 0 Å². The molecule has 0 aromatic heterocycles. The molecule has 6 heteroatoms. The minimum Gasteiger partial charge on any atom is -0.479 e. The molecule has 0 radical (unpaired) electrons. The first-order valence-electron chi connectivity index (χ1n) is 3.99. The van der Waals surface area contributed by atoms with Gasteiger partial charge in [0.25, 0.3) is 5.91 Å². The summed E-state index contributed by atoms with van der Waals surface area (Å²) in [6, 6.07) is 5.29. The molecular weight excluding hydrogens is 205 g/mol. The molecule has 0 aliphatic heterocycles. The van der Waals surface area contributed by atoms with Crippen LogP contribution in [0.5, 0.6) is 0 Å². The number of benzene rings is 1. The molecule has 1 aromatic rings. The molecule has 15 heavy (non-hydrogen) atoms. The Morgan fingerprint density at radius 1 is 1.40 bits per heavy atom. The zero-order valence-corrected chi connectivity index (χ0v) is 7.57. The quantitative estimate of drug-likeness (QED) is 0.717. The molecule has 0 unspecified atom stereocenters. The van der Waals surface area contributed by atoms with Gasteiger partial charge in [0.15, 0.2) is 6.61 Å². The van der Waals surface area contributed by atoms with Crippen LogP contribution in [0.4, 0.5) is 4.39 Å². The number of nitrogens with one attached hydrogen (secondary N) is 1. The van der Waals surface area contributed by atoms with Crippen LogP contribution in [0.3, 0.4) is 0 Å². The Morgan fingerprint density at radius 2 is 2.07 bits per heavy atom. The van der Waals surface area contributed by atoms with Gasteiger partial charge in [-0.2, -0.15) is 0 Å². The van der Waals surface area contributed by atoms with Crippen LogP contribution in [-0.4, -0.2) is 23.6 Å². The Hall–Kier alpha value is -1.95. The Kier molecular flexibility index (Phi) is 3.75. The van der Waals surface area contributed by atoms with Crippen molar-refractivity contribution in [2.75, 3.05) is 6.61 Å². The molecule has 0 atom stereocenters. The summed E-state index contributed by atoms with van der Waals surface area (Å²) in [6.07, 6.45) is 0. The summed E-state index contributed by atoms with van der Waals surface area (Å²) < 4.78 is 13.0. The number of halogens is 1. The number of hydroxylamine groups is 1. The average molecular weight is 213 g/mol. The molecule has 2 N–H and O–H groups in total. The number of carbonyl (C=O) groups excluding carboxylic acids is 1. The maximum absolute atomic E-state index is 13.0. The van der Waals surface area contributed by atoms with Crippen molar-refractivity contribution in [3.05, 3.63) is 35.6 Å². The highest BCUT2D eigenvalue weighted by Gasteiger charge is 2.10. The van der Waals surface area contributed by atoms with E-state index in [0.717, 1.165) is 6.07 Å². The monoisotopic (exact) mass is 213 g/mol. The van der Waals surface area contributed by atoms with Crippen molar-refractivity contribution in [3.8, 4) is 0 Å². The number of hydrogen-bond acceptors (Lipinski definition) is 3. The smallest absolute Gasteiger partial charge is 0.332 e. The second kappa shape index (κ2) is 5.06. The first kappa shape index (κ1) is 11.1. The molecule has 0 spiro atoms. The number of carboxylic acids is 1. The third kappa shape index (κ3) is 3.35. The molecular formula is C9H8FNO4. The van der Waals surface area contributed by atoms with E-state index in [1.807, 2.05) is 5.48 Å². The lowest BCUT2D eigenvalue weighted by molar-refractivity contribution is -0.144. The number of aliphatic carboxylic acids is 1. The second-order valence-electron chi connectivity index (χ2n) is 2.59. The summed E-state index contributed by atoms with van der Waals surface area (Å²) in [5.41, 5.74) is 1.61. The van der Waals surface area contributed by atoms with E-state index in [4.69, 9.17) is 5.11 Å². The van der Waals surface area contributed by atoms with Crippen LogP contribution in [-0.2, 0) is 9.63 Å².